The molecule has 0 aliphatic heterocycles. The van der Waals surface area contributed by atoms with Gasteiger partial charge in [0.25, 0.3) is 0 Å². The van der Waals surface area contributed by atoms with Gasteiger partial charge in [0, 0.05) is 11.1 Å². The molecule has 0 unspecified atom stereocenters. The molecule has 35 heavy (non-hydrogen) atoms. The van der Waals surface area contributed by atoms with Gasteiger partial charge in [-0.1, -0.05) is 42.1 Å². The van der Waals surface area contributed by atoms with Gasteiger partial charge in [-0.05, 0) is 56.7 Å². The Balaban J connectivity index is 2.16. The molecule has 7 nitrogen and oxygen atoms in total. The lowest BCUT2D eigenvalue weighted by atomic mass is 9.99. The van der Waals surface area contributed by atoms with Crippen molar-refractivity contribution < 1.29 is 23.8 Å². The molecule has 0 amide bonds. The molecule has 0 N–H and O–H groups in total. The summed E-state index contributed by atoms with van der Waals surface area (Å²) in [5.74, 6) is -0.754. The molecule has 0 spiro atoms. The summed E-state index contributed by atoms with van der Waals surface area (Å²) in [4.78, 5) is 29.9. The summed E-state index contributed by atoms with van der Waals surface area (Å²) >= 11 is 0.858. The van der Waals surface area contributed by atoms with Crippen LogP contribution in [0.25, 0.3) is 22.4 Å². The molecule has 0 radical (unpaired) electrons. The third-order valence-corrected chi connectivity index (χ3v) is 6.01. The van der Waals surface area contributed by atoms with E-state index in [2.05, 4.69) is 11.1 Å². The fourth-order valence-corrected chi connectivity index (χ4v) is 4.31. The number of hydrogen-bond donors (Lipinski definition) is 0. The number of hydrogen-bond acceptors (Lipinski definition) is 8. The van der Waals surface area contributed by atoms with Crippen LogP contribution in [0.15, 0.2) is 65.7 Å². The van der Waals surface area contributed by atoms with E-state index in [1.165, 1.54) is 0 Å². The third kappa shape index (κ3) is 6.40. The van der Waals surface area contributed by atoms with Crippen molar-refractivity contribution in [2.75, 3.05) is 19.8 Å². The van der Waals surface area contributed by atoms with Crippen LogP contribution in [-0.2, 0) is 19.1 Å². The maximum absolute atomic E-state index is 12.6. The zero-order valence-electron chi connectivity index (χ0n) is 19.8. The van der Waals surface area contributed by atoms with Crippen LogP contribution < -0.4 is 4.74 Å². The first kappa shape index (κ1) is 25.8. The van der Waals surface area contributed by atoms with E-state index in [1.807, 2.05) is 67.6 Å². The molecule has 0 aliphatic rings. The Bertz CT molecular complexity index is 1190. The van der Waals surface area contributed by atoms with Crippen LogP contribution in [0, 0.1) is 11.3 Å². The first-order chi connectivity index (χ1) is 17.0. The summed E-state index contributed by atoms with van der Waals surface area (Å²) in [7, 11) is 0. The Kier molecular flexibility index (Phi) is 9.27. The molecule has 2 aromatic carbocycles. The highest BCUT2D eigenvalue weighted by Crippen LogP contribution is 2.36. The van der Waals surface area contributed by atoms with Gasteiger partial charge in [0.15, 0.2) is 0 Å². The van der Waals surface area contributed by atoms with Crippen LogP contribution in [0.2, 0.25) is 0 Å². The van der Waals surface area contributed by atoms with Gasteiger partial charge in [0.1, 0.15) is 16.8 Å². The number of aromatic nitrogens is 1. The van der Waals surface area contributed by atoms with Gasteiger partial charge in [0.2, 0.25) is 5.25 Å². The second-order valence-corrected chi connectivity index (χ2v) is 8.27. The monoisotopic (exact) mass is 490 g/mol. The summed E-state index contributed by atoms with van der Waals surface area (Å²) in [6, 6.07) is 20.9. The highest BCUT2D eigenvalue weighted by atomic mass is 32.2. The van der Waals surface area contributed by atoms with Gasteiger partial charge in [-0.3, -0.25) is 9.59 Å². The van der Waals surface area contributed by atoms with E-state index in [4.69, 9.17) is 14.2 Å². The van der Waals surface area contributed by atoms with Crippen LogP contribution in [0.1, 0.15) is 26.3 Å². The molecule has 3 aromatic rings. The number of thioether (sulfide) groups is 1. The molecular weight excluding hydrogens is 464 g/mol. The number of carbonyl (C=O) groups excluding carboxylic acids is 2. The average molecular weight is 491 g/mol. The Hall–Kier alpha value is -3.83. The molecule has 0 saturated heterocycles. The average Bonchev–Trinajstić information content (AvgIpc) is 2.88. The highest BCUT2D eigenvalue weighted by molar-refractivity contribution is 8.01. The molecule has 0 bridgehead atoms. The van der Waals surface area contributed by atoms with Crippen molar-refractivity contribution in [3.05, 3.63) is 66.2 Å². The van der Waals surface area contributed by atoms with E-state index in [1.54, 1.807) is 13.8 Å². The minimum Gasteiger partial charge on any atom is -0.494 e. The van der Waals surface area contributed by atoms with E-state index in [-0.39, 0.29) is 23.8 Å². The SMILES string of the molecule is CCOC(=O)C(Sc1nc(-c2ccc(OCC)cc2)cc(-c2ccccc2)c1C#N)C(=O)OCC. The molecule has 1 heterocycles. The lowest BCUT2D eigenvalue weighted by Crippen LogP contribution is -2.31. The van der Waals surface area contributed by atoms with Crippen molar-refractivity contribution in [3.8, 4) is 34.2 Å². The van der Waals surface area contributed by atoms with Crippen LogP contribution in [0.4, 0.5) is 0 Å². The van der Waals surface area contributed by atoms with Crippen LogP contribution in [0.3, 0.4) is 0 Å². The zero-order valence-corrected chi connectivity index (χ0v) is 20.6. The Labute approximate surface area is 209 Å². The molecule has 0 aliphatic carbocycles. The maximum Gasteiger partial charge on any atom is 0.331 e. The number of benzene rings is 2. The van der Waals surface area contributed by atoms with Gasteiger partial charge < -0.3 is 14.2 Å². The number of nitrogens with zero attached hydrogens (tertiary/aromatic N) is 2. The molecule has 0 saturated carbocycles. The fraction of sp³-hybridized carbons (Fsp3) is 0.259. The summed E-state index contributed by atoms with van der Waals surface area (Å²) < 4.78 is 15.7. The molecule has 8 heteroatoms. The first-order valence-electron chi connectivity index (χ1n) is 11.3. The Morgan fingerprint density at radius 1 is 0.914 bits per heavy atom. The summed E-state index contributed by atoms with van der Waals surface area (Å²) in [6.45, 7) is 5.99. The summed E-state index contributed by atoms with van der Waals surface area (Å²) in [6.07, 6.45) is 0. The van der Waals surface area contributed by atoms with Crippen LogP contribution in [0.5, 0.6) is 5.75 Å². The number of rotatable bonds is 10. The molecule has 1 aromatic heterocycles. The number of pyridine rings is 1. The molecule has 0 fully saturated rings. The Morgan fingerprint density at radius 2 is 1.54 bits per heavy atom. The van der Waals surface area contributed by atoms with Gasteiger partial charge in [0.05, 0.1) is 31.1 Å². The van der Waals surface area contributed by atoms with Crippen LogP contribution in [-0.4, -0.2) is 42.0 Å². The quantitative estimate of drug-likeness (QED) is 0.215. The molecule has 3 rings (SSSR count). The minimum absolute atomic E-state index is 0.106. The van der Waals surface area contributed by atoms with E-state index in [0.29, 0.717) is 17.9 Å². The van der Waals surface area contributed by atoms with E-state index in [0.717, 1.165) is 28.6 Å². The second-order valence-electron chi connectivity index (χ2n) is 7.17. The first-order valence-corrected chi connectivity index (χ1v) is 12.1. The van der Waals surface area contributed by atoms with Crippen molar-refractivity contribution in [1.82, 2.24) is 4.98 Å². The summed E-state index contributed by atoms with van der Waals surface area (Å²) in [5, 5.41) is 8.99. The van der Waals surface area contributed by atoms with Gasteiger partial charge in [-0.15, -0.1) is 0 Å². The standard InChI is InChI=1S/C27H26N2O5S/c1-4-32-20-14-12-19(13-15-20)23-16-21(18-10-8-7-9-11-18)22(17-28)25(29-23)35-24(26(30)33-5-2)27(31)34-6-3/h7-16,24H,4-6H2,1-3H3. The minimum atomic E-state index is -1.31. The molecule has 180 valence electrons. The summed E-state index contributed by atoms with van der Waals surface area (Å²) in [5.41, 5.74) is 3.08. The van der Waals surface area contributed by atoms with Crippen molar-refractivity contribution in [1.29, 1.82) is 5.26 Å². The largest absolute Gasteiger partial charge is 0.494 e. The lowest BCUT2D eigenvalue weighted by Gasteiger charge is -2.17. The second kappa shape index (κ2) is 12.6. The van der Waals surface area contributed by atoms with E-state index >= 15 is 0 Å². The topological polar surface area (TPSA) is 98.5 Å². The van der Waals surface area contributed by atoms with Crippen molar-refractivity contribution >= 4 is 23.7 Å². The lowest BCUT2D eigenvalue weighted by molar-refractivity contribution is -0.152. The molecular formula is C27H26N2O5S. The number of ether oxygens (including phenoxy) is 3. The van der Waals surface area contributed by atoms with Crippen molar-refractivity contribution in [2.24, 2.45) is 0 Å². The zero-order chi connectivity index (χ0) is 25.2. The Morgan fingerprint density at radius 3 is 2.09 bits per heavy atom. The normalized spacial score (nSPS) is 10.5. The van der Waals surface area contributed by atoms with Crippen molar-refractivity contribution in [3.63, 3.8) is 0 Å². The van der Waals surface area contributed by atoms with E-state index < -0.39 is 17.2 Å². The number of nitriles is 1. The van der Waals surface area contributed by atoms with Gasteiger partial charge in [-0.25, -0.2) is 4.98 Å². The maximum atomic E-state index is 12.6. The van der Waals surface area contributed by atoms with Crippen molar-refractivity contribution in [2.45, 2.75) is 31.0 Å². The predicted octanol–water partition coefficient (Wildman–Crippen LogP) is 5.27. The van der Waals surface area contributed by atoms with Crippen LogP contribution >= 0.6 is 11.8 Å². The van der Waals surface area contributed by atoms with Gasteiger partial charge >= 0.3 is 11.9 Å². The number of esters is 2. The number of carbonyl (C=O) groups is 2. The smallest absolute Gasteiger partial charge is 0.331 e. The van der Waals surface area contributed by atoms with Gasteiger partial charge in [-0.2, -0.15) is 5.26 Å². The van der Waals surface area contributed by atoms with E-state index in [9.17, 15) is 14.9 Å². The predicted molar refractivity (Wildman–Crippen MR) is 134 cm³/mol. The highest BCUT2D eigenvalue weighted by Gasteiger charge is 2.33. The molecule has 0 atom stereocenters. The third-order valence-electron chi connectivity index (χ3n) is 4.87. The fourth-order valence-electron chi connectivity index (χ4n) is 3.34.